The number of sulfonamides is 1. The third-order valence-electron chi connectivity index (χ3n) is 2.96. The fraction of sp³-hybridized carbons (Fsp3) is 0.500. The van der Waals surface area contributed by atoms with Gasteiger partial charge in [-0.3, -0.25) is 0 Å². The molecule has 4 nitrogen and oxygen atoms in total. The minimum atomic E-state index is -3.32. The molecule has 1 saturated heterocycles. The van der Waals surface area contributed by atoms with Gasteiger partial charge in [-0.05, 0) is 36.4 Å². The van der Waals surface area contributed by atoms with Gasteiger partial charge in [-0.1, -0.05) is 0 Å². The molecule has 0 bridgehead atoms. The fourth-order valence-corrected chi connectivity index (χ4v) is 4.39. The first-order valence-corrected chi connectivity index (χ1v) is 8.60. The van der Waals surface area contributed by atoms with Gasteiger partial charge < -0.3 is 5.32 Å². The van der Waals surface area contributed by atoms with Crippen LogP contribution < -0.4 is 5.32 Å². The summed E-state index contributed by atoms with van der Waals surface area (Å²) in [6.07, 6.45) is 0.929. The summed E-state index contributed by atoms with van der Waals surface area (Å²) in [5.41, 5.74) is 0.917. The van der Waals surface area contributed by atoms with E-state index in [9.17, 15) is 8.42 Å². The molecule has 0 atom stereocenters. The second-order valence-electron chi connectivity index (χ2n) is 4.14. The second kappa shape index (κ2) is 5.95. The van der Waals surface area contributed by atoms with Crippen LogP contribution in [0.15, 0.2) is 29.2 Å². The molecule has 0 saturated carbocycles. The number of anilines is 1. The van der Waals surface area contributed by atoms with E-state index in [0.29, 0.717) is 18.0 Å². The van der Waals surface area contributed by atoms with Crippen molar-refractivity contribution < 1.29 is 8.42 Å². The molecule has 1 fully saturated rings. The van der Waals surface area contributed by atoms with Crippen molar-refractivity contribution in [2.24, 2.45) is 0 Å². The van der Waals surface area contributed by atoms with Crippen molar-refractivity contribution in [3.63, 3.8) is 0 Å². The van der Waals surface area contributed by atoms with Gasteiger partial charge in [-0.25, -0.2) is 8.42 Å². The monoisotopic (exact) mass is 286 g/mol. The largest absolute Gasteiger partial charge is 0.388 e. The highest BCUT2D eigenvalue weighted by molar-refractivity contribution is 7.99. The van der Waals surface area contributed by atoms with Gasteiger partial charge in [0, 0.05) is 31.6 Å². The Kier molecular flexibility index (Phi) is 4.53. The van der Waals surface area contributed by atoms with E-state index in [-0.39, 0.29) is 0 Å². The van der Waals surface area contributed by atoms with Gasteiger partial charge in [0.15, 0.2) is 0 Å². The summed E-state index contributed by atoms with van der Waals surface area (Å²) in [4.78, 5) is 0.383. The molecule has 0 amide bonds. The Morgan fingerprint density at radius 1 is 1.17 bits per heavy atom. The maximum absolute atomic E-state index is 12.4. The van der Waals surface area contributed by atoms with Crippen molar-refractivity contribution in [1.82, 2.24) is 4.31 Å². The highest BCUT2D eigenvalue weighted by Gasteiger charge is 2.24. The van der Waals surface area contributed by atoms with E-state index in [1.54, 1.807) is 28.6 Å². The smallest absolute Gasteiger partial charge is 0.243 e. The molecule has 18 heavy (non-hydrogen) atoms. The van der Waals surface area contributed by atoms with Gasteiger partial charge in [0.2, 0.25) is 10.0 Å². The first kappa shape index (κ1) is 13.7. The molecule has 0 unspecified atom stereocenters. The van der Waals surface area contributed by atoms with Crippen LogP contribution in [0.1, 0.15) is 6.42 Å². The highest BCUT2D eigenvalue weighted by atomic mass is 32.2. The second-order valence-corrected chi connectivity index (χ2v) is 7.31. The normalized spacial score (nSPS) is 18.3. The molecule has 0 aromatic heterocycles. The Labute approximate surface area is 113 Å². The lowest BCUT2D eigenvalue weighted by molar-refractivity contribution is 0.435. The van der Waals surface area contributed by atoms with Crippen LogP contribution in [0.25, 0.3) is 0 Å². The van der Waals surface area contributed by atoms with E-state index in [4.69, 9.17) is 0 Å². The first-order valence-electron chi connectivity index (χ1n) is 6.00. The Hall–Kier alpha value is -0.720. The predicted molar refractivity (Wildman–Crippen MR) is 76.7 cm³/mol. The van der Waals surface area contributed by atoms with Crippen LogP contribution in [-0.4, -0.2) is 44.4 Å². The van der Waals surface area contributed by atoms with Crippen LogP contribution in [0.3, 0.4) is 0 Å². The molecule has 0 radical (unpaired) electrons. The summed E-state index contributed by atoms with van der Waals surface area (Å²) in [5.74, 6) is 1.93. The predicted octanol–water partition coefficient (Wildman–Crippen LogP) is 1.86. The highest BCUT2D eigenvalue weighted by Crippen LogP contribution is 2.21. The molecule has 6 heteroatoms. The lowest BCUT2D eigenvalue weighted by Gasteiger charge is -2.19. The molecule has 1 N–H and O–H groups in total. The van der Waals surface area contributed by atoms with E-state index >= 15 is 0 Å². The molecule has 1 heterocycles. The lowest BCUT2D eigenvalue weighted by Crippen LogP contribution is -2.32. The standard InChI is InChI=1S/C12H18N2O2S2/c1-13-11-3-5-12(6-4-11)18(15,16)14-7-2-9-17-10-8-14/h3-6,13H,2,7-10H2,1H3. The van der Waals surface area contributed by atoms with Gasteiger partial charge in [-0.15, -0.1) is 0 Å². The average molecular weight is 286 g/mol. The van der Waals surface area contributed by atoms with Gasteiger partial charge in [-0.2, -0.15) is 16.1 Å². The molecule has 0 spiro atoms. The topological polar surface area (TPSA) is 49.4 Å². The van der Waals surface area contributed by atoms with Crippen LogP contribution in [0.4, 0.5) is 5.69 Å². The SMILES string of the molecule is CNc1ccc(S(=O)(=O)N2CCCSCC2)cc1. The van der Waals surface area contributed by atoms with Gasteiger partial charge >= 0.3 is 0 Å². The quantitative estimate of drug-likeness (QED) is 0.921. The molecule has 1 aromatic carbocycles. The molecule has 1 aliphatic heterocycles. The fourth-order valence-electron chi connectivity index (χ4n) is 1.91. The number of thioether (sulfide) groups is 1. The van der Waals surface area contributed by atoms with Gasteiger partial charge in [0.05, 0.1) is 4.90 Å². The number of hydrogen-bond acceptors (Lipinski definition) is 4. The first-order chi connectivity index (χ1) is 8.64. The number of nitrogens with one attached hydrogen (secondary N) is 1. The third-order valence-corrected chi connectivity index (χ3v) is 5.92. The zero-order valence-corrected chi connectivity index (χ0v) is 12.1. The van der Waals surface area contributed by atoms with Crippen LogP contribution >= 0.6 is 11.8 Å². The summed E-state index contributed by atoms with van der Waals surface area (Å²) in [6.45, 7) is 1.24. The minimum absolute atomic E-state index is 0.383. The molecular formula is C12H18N2O2S2. The summed E-state index contributed by atoms with van der Waals surface area (Å²) < 4.78 is 26.5. The molecule has 100 valence electrons. The number of benzene rings is 1. The summed E-state index contributed by atoms with van der Waals surface area (Å²) >= 11 is 1.82. The maximum atomic E-state index is 12.4. The van der Waals surface area contributed by atoms with Crippen LogP contribution in [0, 0.1) is 0 Å². The maximum Gasteiger partial charge on any atom is 0.243 e. The Morgan fingerprint density at radius 2 is 1.89 bits per heavy atom. The number of rotatable bonds is 3. The summed E-state index contributed by atoms with van der Waals surface area (Å²) in [6, 6.07) is 6.91. The zero-order valence-electron chi connectivity index (χ0n) is 10.4. The van der Waals surface area contributed by atoms with E-state index in [0.717, 1.165) is 23.6 Å². The van der Waals surface area contributed by atoms with Crippen molar-refractivity contribution in [2.45, 2.75) is 11.3 Å². The summed E-state index contributed by atoms with van der Waals surface area (Å²) in [5, 5.41) is 2.98. The van der Waals surface area contributed by atoms with E-state index in [1.807, 2.05) is 18.8 Å². The Balaban J connectivity index is 2.22. The minimum Gasteiger partial charge on any atom is -0.388 e. The van der Waals surface area contributed by atoms with Crippen molar-refractivity contribution in [3.05, 3.63) is 24.3 Å². The molecule has 2 rings (SSSR count). The van der Waals surface area contributed by atoms with Crippen molar-refractivity contribution in [3.8, 4) is 0 Å². The van der Waals surface area contributed by atoms with Gasteiger partial charge in [0.1, 0.15) is 0 Å². The van der Waals surface area contributed by atoms with Crippen molar-refractivity contribution in [1.29, 1.82) is 0 Å². The number of hydrogen-bond donors (Lipinski definition) is 1. The van der Waals surface area contributed by atoms with Crippen LogP contribution in [0.2, 0.25) is 0 Å². The van der Waals surface area contributed by atoms with E-state index in [2.05, 4.69) is 5.32 Å². The van der Waals surface area contributed by atoms with Crippen LogP contribution in [-0.2, 0) is 10.0 Å². The van der Waals surface area contributed by atoms with Crippen LogP contribution in [0.5, 0.6) is 0 Å². The third kappa shape index (κ3) is 2.99. The van der Waals surface area contributed by atoms with Crippen molar-refractivity contribution in [2.75, 3.05) is 37.0 Å². The Morgan fingerprint density at radius 3 is 2.56 bits per heavy atom. The van der Waals surface area contributed by atoms with Gasteiger partial charge in [0.25, 0.3) is 0 Å². The Bertz CT molecular complexity index is 477. The lowest BCUT2D eigenvalue weighted by atomic mass is 10.3. The average Bonchev–Trinajstić information content (AvgIpc) is 2.68. The molecule has 0 aliphatic carbocycles. The number of nitrogens with zero attached hydrogens (tertiary/aromatic N) is 1. The van der Waals surface area contributed by atoms with E-state index < -0.39 is 10.0 Å². The molecular weight excluding hydrogens is 268 g/mol. The molecule has 1 aliphatic rings. The zero-order chi connectivity index (χ0) is 13.0. The van der Waals surface area contributed by atoms with E-state index in [1.165, 1.54) is 0 Å². The molecule has 1 aromatic rings. The van der Waals surface area contributed by atoms with Crippen molar-refractivity contribution >= 4 is 27.5 Å². The summed E-state index contributed by atoms with van der Waals surface area (Å²) in [7, 11) is -1.50.